The number of carbonyl (C=O) groups is 4. The van der Waals surface area contributed by atoms with Gasteiger partial charge in [0.15, 0.2) is 23.4 Å². The SMILES string of the molecule is C=CC[C@@]1(Cl)O[C@H](COC(C)=O)[C@H](OC(C)=O)[C@H](OC(C)=O)[C@H]1OC(C)=O. The fourth-order valence-electron chi connectivity index (χ4n) is 2.69. The molecule has 5 atom stereocenters. The van der Waals surface area contributed by atoms with E-state index in [4.69, 9.17) is 35.3 Å². The van der Waals surface area contributed by atoms with Gasteiger partial charge >= 0.3 is 23.9 Å². The largest absolute Gasteiger partial charge is 0.463 e. The van der Waals surface area contributed by atoms with Crippen LogP contribution in [-0.4, -0.2) is 60.0 Å². The van der Waals surface area contributed by atoms with Gasteiger partial charge in [-0.3, -0.25) is 19.2 Å². The highest BCUT2D eigenvalue weighted by Crippen LogP contribution is 2.41. The third-order valence-corrected chi connectivity index (χ3v) is 3.99. The molecule has 0 aliphatic carbocycles. The number of esters is 4. The van der Waals surface area contributed by atoms with Crippen LogP contribution in [0.2, 0.25) is 0 Å². The van der Waals surface area contributed by atoms with Crippen molar-refractivity contribution in [1.29, 1.82) is 0 Å². The lowest BCUT2D eigenvalue weighted by molar-refractivity contribution is -0.263. The van der Waals surface area contributed by atoms with Crippen LogP contribution < -0.4 is 0 Å². The number of alkyl halides is 1. The minimum Gasteiger partial charge on any atom is -0.463 e. The summed E-state index contributed by atoms with van der Waals surface area (Å²) in [6.45, 7) is 7.85. The van der Waals surface area contributed by atoms with Gasteiger partial charge < -0.3 is 23.7 Å². The van der Waals surface area contributed by atoms with Crippen LogP contribution in [0.4, 0.5) is 0 Å². The first kappa shape index (κ1) is 22.9. The Balaban J connectivity index is 3.38. The molecule has 0 aromatic heterocycles. The number of ether oxygens (including phenoxy) is 5. The smallest absolute Gasteiger partial charge is 0.303 e. The number of halogens is 1. The van der Waals surface area contributed by atoms with Crippen LogP contribution in [0, 0.1) is 0 Å². The Bertz CT molecular complexity index is 605. The van der Waals surface area contributed by atoms with E-state index in [2.05, 4.69) is 6.58 Å². The Kier molecular flexibility index (Phi) is 8.23. The highest BCUT2D eigenvalue weighted by Gasteiger charge is 2.58. The van der Waals surface area contributed by atoms with Gasteiger partial charge in [-0.05, 0) is 0 Å². The Morgan fingerprint density at radius 3 is 1.93 bits per heavy atom. The van der Waals surface area contributed by atoms with Crippen LogP contribution in [0.25, 0.3) is 0 Å². The molecule has 27 heavy (non-hydrogen) atoms. The number of hydrogen-bond donors (Lipinski definition) is 0. The van der Waals surface area contributed by atoms with E-state index in [0.29, 0.717) is 0 Å². The topological polar surface area (TPSA) is 114 Å². The standard InChI is InChI=1S/C17H23ClO9/c1-6-7-17(18)16(26-12(5)22)15(25-11(4)21)14(24-10(3)20)13(27-17)8-23-9(2)19/h6,13-16H,1,7-8H2,2-5H3/t13-,14+,15+,16-,17-/m1/s1. The number of carbonyl (C=O) groups excluding carboxylic acids is 4. The normalized spacial score (nSPS) is 30.0. The molecule has 0 bridgehead atoms. The summed E-state index contributed by atoms with van der Waals surface area (Å²) in [4.78, 5) is 45.9. The van der Waals surface area contributed by atoms with Gasteiger partial charge in [0.05, 0.1) is 0 Å². The lowest BCUT2D eigenvalue weighted by Crippen LogP contribution is -2.66. The lowest BCUT2D eigenvalue weighted by atomic mass is 9.92. The van der Waals surface area contributed by atoms with Gasteiger partial charge in [0.2, 0.25) is 0 Å². The van der Waals surface area contributed by atoms with Crippen molar-refractivity contribution < 1.29 is 42.9 Å². The molecule has 0 N–H and O–H groups in total. The van der Waals surface area contributed by atoms with Crippen LogP contribution >= 0.6 is 11.6 Å². The molecule has 9 nitrogen and oxygen atoms in total. The number of rotatable bonds is 7. The van der Waals surface area contributed by atoms with E-state index in [9.17, 15) is 19.2 Å². The van der Waals surface area contributed by atoms with E-state index >= 15 is 0 Å². The zero-order valence-corrected chi connectivity index (χ0v) is 16.3. The summed E-state index contributed by atoms with van der Waals surface area (Å²) < 4.78 is 26.4. The molecule has 0 aromatic carbocycles. The highest BCUT2D eigenvalue weighted by molar-refractivity contribution is 6.23. The Labute approximate surface area is 161 Å². The first-order valence-corrected chi connectivity index (χ1v) is 8.50. The molecule has 1 heterocycles. The van der Waals surface area contributed by atoms with Gasteiger partial charge in [-0.2, -0.15) is 0 Å². The van der Waals surface area contributed by atoms with Crippen molar-refractivity contribution >= 4 is 35.5 Å². The second kappa shape index (κ2) is 9.70. The van der Waals surface area contributed by atoms with Crippen molar-refractivity contribution in [1.82, 2.24) is 0 Å². The van der Waals surface area contributed by atoms with Gasteiger partial charge in [-0.1, -0.05) is 17.7 Å². The van der Waals surface area contributed by atoms with Crippen LogP contribution in [0.3, 0.4) is 0 Å². The maximum absolute atomic E-state index is 11.6. The van der Waals surface area contributed by atoms with Gasteiger partial charge in [-0.25, -0.2) is 0 Å². The van der Waals surface area contributed by atoms with Gasteiger partial charge in [0.25, 0.3) is 0 Å². The Morgan fingerprint density at radius 2 is 1.48 bits per heavy atom. The molecule has 0 amide bonds. The maximum Gasteiger partial charge on any atom is 0.303 e. The summed E-state index contributed by atoms with van der Waals surface area (Å²) in [6.07, 6.45) is -3.49. The molecule has 1 aliphatic heterocycles. The fourth-order valence-corrected chi connectivity index (χ4v) is 3.09. The van der Waals surface area contributed by atoms with Gasteiger partial charge in [0, 0.05) is 34.1 Å². The molecule has 1 rings (SSSR count). The molecule has 1 saturated heterocycles. The van der Waals surface area contributed by atoms with Crippen LogP contribution in [0.1, 0.15) is 34.1 Å². The third-order valence-electron chi connectivity index (χ3n) is 3.53. The van der Waals surface area contributed by atoms with Crippen molar-refractivity contribution in [3.63, 3.8) is 0 Å². The summed E-state index contributed by atoms with van der Waals surface area (Å²) in [5, 5.41) is -1.69. The van der Waals surface area contributed by atoms with Crippen molar-refractivity contribution in [2.45, 2.75) is 63.6 Å². The van der Waals surface area contributed by atoms with Crippen LogP contribution in [-0.2, 0) is 42.9 Å². The second-order valence-corrected chi connectivity index (χ2v) is 6.56. The molecular formula is C17H23ClO9. The quantitative estimate of drug-likeness (QED) is 0.266. The predicted molar refractivity (Wildman–Crippen MR) is 91.6 cm³/mol. The van der Waals surface area contributed by atoms with Gasteiger partial charge in [-0.15, -0.1) is 6.58 Å². The predicted octanol–water partition coefficient (Wildman–Crippen LogP) is 1.25. The summed E-state index contributed by atoms with van der Waals surface area (Å²) in [5.41, 5.74) is 0. The minimum atomic E-state index is -1.69. The van der Waals surface area contributed by atoms with Crippen molar-refractivity contribution in [3.05, 3.63) is 12.7 Å². The molecule has 152 valence electrons. The molecule has 1 fully saturated rings. The van der Waals surface area contributed by atoms with E-state index in [1.165, 1.54) is 13.0 Å². The monoisotopic (exact) mass is 406 g/mol. The molecule has 0 aromatic rings. The van der Waals surface area contributed by atoms with Crippen LogP contribution in [0.15, 0.2) is 12.7 Å². The van der Waals surface area contributed by atoms with Gasteiger partial charge in [0.1, 0.15) is 12.7 Å². The van der Waals surface area contributed by atoms with Crippen molar-refractivity contribution in [3.8, 4) is 0 Å². The van der Waals surface area contributed by atoms with Crippen LogP contribution in [0.5, 0.6) is 0 Å². The zero-order valence-electron chi connectivity index (χ0n) is 15.6. The summed E-state index contributed by atoms with van der Waals surface area (Å²) in [6, 6.07) is 0. The number of hydrogen-bond acceptors (Lipinski definition) is 9. The van der Waals surface area contributed by atoms with E-state index in [1.807, 2.05) is 0 Å². The lowest BCUT2D eigenvalue weighted by Gasteiger charge is -2.48. The average Bonchev–Trinajstić information content (AvgIpc) is 2.51. The Morgan fingerprint density at radius 1 is 0.963 bits per heavy atom. The first-order valence-electron chi connectivity index (χ1n) is 8.12. The van der Waals surface area contributed by atoms with Crippen molar-refractivity contribution in [2.75, 3.05) is 6.61 Å². The van der Waals surface area contributed by atoms with E-state index < -0.39 is 53.4 Å². The fraction of sp³-hybridized carbons (Fsp3) is 0.647. The van der Waals surface area contributed by atoms with E-state index in [1.54, 1.807) is 0 Å². The molecule has 0 saturated carbocycles. The van der Waals surface area contributed by atoms with E-state index in [-0.39, 0.29) is 13.0 Å². The molecule has 1 aliphatic rings. The molecular weight excluding hydrogens is 384 g/mol. The Hall–Kier alpha value is -2.13. The first-order chi connectivity index (χ1) is 12.5. The molecule has 10 heteroatoms. The molecule has 0 radical (unpaired) electrons. The molecule has 0 spiro atoms. The van der Waals surface area contributed by atoms with Crippen molar-refractivity contribution in [2.24, 2.45) is 0 Å². The zero-order chi connectivity index (χ0) is 20.8. The summed E-state index contributed by atoms with van der Waals surface area (Å²) >= 11 is 6.53. The second-order valence-electron chi connectivity index (χ2n) is 5.92. The summed E-state index contributed by atoms with van der Waals surface area (Å²) in [7, 11) is 0. The third kappa shape index (κ3) is 6.51. The summed E-state index contributed by atoms with van der Waals surface area (Å²) in [5.74, 6) is -2.74. The highest BCUT2D eigenvalue weighted by atomic mass is 35.5. The average molecular weight is 407 g/mol. The maximum atomic E-state index is 11.6. The molecule has 0 unspecified atom stereocenters. The van der Waals surface area contributed by atoms with E-state index in [0.717, 1.165) is 20.8 Å². The minimum absolute atomic E-state index is 0.00632.